The number of Topliss-reactive ketones (excluding diaryl/α,β-unsaturated/α-hetero) is 1. The van der Waals surface area contributed by atoms with E-state index in [4.69, 9.17) is 4.74 Å². The Hall–Kier alpha value is -1.99. The highest BCUT2D eigenvalue weighted by atomic mass is 16.6. The van der Waals surface area contributed by atoms with Crippen LogP contribution in [0, 0.1) is 16.0 Å². The molecule has 126 valence electrons. The average molecular weight is 317 g/mol. The summed E-state index contributed by atoms with van der Waals surface area (Å²) in [6, 6.07) is -1.19. The number of ketones is 1. The van der Waals surface area contributed by atoms with Crippen LogP contribution in [0.3, 0.4) is 0 Å². The second-order valence-corrected chi connectivity index (χ2v) is 4.94. The van der Waals surface area contributed by atoms with Crippen molar-refractivity contribution in [1.82, 2.24) is 0 Å². The van der Waals surface area contributed by atoms with Crippen molar-refractivity contribution in [1.29, 1.82) is 0 Å². The SMILES string of the molecule is CCOC(=O)C(CC(C)=O)C(CCCCC(=O)OC)[N+](=O)[O-]. The molecule has 22 heavy (non-hydrogen) atoms. The molecule has 0 bridgehead atoms. The van der Waals surface area contributed by atoms with Crippen LogP contribution in [0.2, 0.25) is 0 Å². The van der Waals surface area contributed by atoms with Gasteiger partial charge in [-0.05, 0) is 26.7 Å². The van der Waals surface area contributed by atoms with E-state index in [1.54, 1.807) is 6.92 Å². The number of carbonyl (C=O) groups is 3. The highest BCUT2D eigenvalue weighted by molar-refractivity contribution is 5.83. The van der Waals surface area contributed by atoms with Gasteiger partial charge in [0.05, 0.1) is 13.7 Å². The number of ether oxygens (including phenoxy) is 2. The fraction of sp³-hybridized carbons (Fsp3) is 0.786. The zero-order chi connectivity index (χ0) is 17.1. The van der Waals surface area contributed by atoms with Crippen LogP contribution in [0.4, 0.5) is 0 Å². The van der Waals surface area contributed by atoms with E-state index in [1.165, 1.54) is 14.0 Å². The maximum Gasteiger partial charge on any atom is 0.316 e. The monoisotopic (exact) mass is 317 g/mol. The lowest BCUT2D eigenvalue weighted by Gasteiger charge is -2.18. The molecule has 0 amide bonds. The number of carbonyl (C=O) groups excluding carboxylic acids is 3. The first kappa shape index (κ1) is 20.0. The number of unbranched alkanes of at least 4 members (excludes halogenated alkanes) is 1. The summed E-state index contributed by atoms with van der Waals surface area (Å²) >= 11 is 0. The number of nitrogens with zero attached hydrogens (tertiary/aromatic N) is 1. The Balaban J connectivity index is 4.75. The Morgan fingerprint density at radius 3 is 2.32 bits per heavy atom. The van der Waals surface area contributed by atoms with Gasteiger partial charge in [0, 0.05) is 24.2 Å². The summed E-state index contributed by atoms with van der Waals surface area (Å²) in [5, 5.41) is 11.2. The Morgan fingerprint density at radius 1 is 1.23 bits per heavy atom. The molecule has 0 aliphatic carbocycles. The van der Waals surface area contributed by atoms with Crippen LogP contribution in [0.25, 0.3) is 0 Å². The normalized spacial score (nSPS) is 13.0. The number of hydrogen-bond acceptors (Lipinski definition) is 7. The molecule has 0 heterocycles. The van der Waals surface area contributed by atoms with Gasteiger partial charge in [0.15, 0.2) is 0 Å². The van der Waals surface area contributed by atoms with Gasteiger partial charge in [-0.3, -0.25) is 24.5 Å². The molecule has 0 aromatic heterocycles. The largest absolute Gasteiger partial charge is 0.469 e. The number of hydrogen-bond donors (Lipinski definition) is 0. The van der Waals surface area contributed by atoms with Crippen molar-refractivity contribution in [3.63, 3.8) is 0 Å². The van der Waals surface area contributed by atoms with E-state index < -0.39 is 22.9 Å². The molecule has 0 spiro atoms. The fourth-order valence-corrected chi connectivity index (χ4v) is 2.11. The zero-order valence-corrected chi connectivity index (χ0v) is 13.2. The summed E-state index contributed by atoms with van der Waals surface area (Å²) in [7, 11) is 1.27. The minimum absolute atomic E-state index is 0.0972. The molecule has 0 aliphatic heterocycles. The summed E-state index contributed by atoms with van der Waals surface area (Å²) in [6.45, 7) is 2.97. The lowest BCUT2D eigenvalue weighted by Crippen LogP contribution is -2.37. The molecule has 8 nitrogen and oxygen atoms in total. The molecule has 0 saturated carbocycles. The van der Waals surface area contributed by atoms with Gasteiger partial charge in [0.25, 0.3) is 0 Å². The topological polar surface area (TPSA) is 113 Å². The van der Waals surface area contributed by atoms with Crippen molar-refractivity contribution in [2.24, 2.45) is 5.92 Å². The van der Waals surface area contributed by atoms with Crippen LogP contribution in [-0.2, 0) is 23.9 Å². The van der Waals surface area contributed by atoms with E-state index >= 15 is 0 Å². The van der Waals surface area contributed by atoms with Gasteiger partial charge in [-0.15, -0.1) is 0 Å². The van der Waals surface area contributed by atoms with Gasteiger partial charge < -0.3 is 9.47 Å². The first-order chi connectivity index (χ1) is 10.3. The molecule has 0 aromatic rings. The van der Waals surface area contributed by atoms with Crippen molar-refractivity contribution >= 4 is 17.7 Å². The zero-order valence-electron chi connectivity index (χ0n) is 13.2. The fourth-order valence-electron chi connectivity index (χ4n) is 2.11. The minimum atomic E-state index is -1.19. The molecule has 0 fully saturated rings. The van der Waals surface area contributed by atoms with E-state index in [9.17, 15) is 24.5 Å². The van der Waals surface area contributed by atoms with E-state index in [0.29, 0.717) is 12.8 Å². The van der Waals surface area contributed by atoms with Gasteiger partial charge in [-0.1, -0.05) is 0 Å². The molecule has 8 heteroatoms. The predicted molar refractivity (Wildman–Crippen MR) is 76.7 cm³/mol. The molecule has 2 atom stereocenters. The smallest absolute Gasteiger partial charge is 0.316 e. The van der Waals surface area contributed by atoms with Crippen molar-refractivity contribution in [2.45, 2.75) is 52.0 Å². The lowest BCUT2D eigenvalue weighted by atomic mass is 9.91. The van der Waals surface area contributed by atoms with Crippen molar-refractivity contribution in [3.8, 4) is 0 Å². The van der Waals surface area contributed by atoms with Crippen molar-refractivity contribution in [2.75, 3.05) is 13.7 Å². The van der Waals surface area contributed by atoms with E-state index in [2.05, 4.69) is 4.74 Å². The Kier molecular flexibility index (Phi) is 9.73. The molecular weight excluding hydrogens is 294 g/mol. The van der Waals surface area contributed by atoms with E-state index in [0.717, 1.165) is 0 Å². The van der Waals surface area contributed by atoms with Crippen molar-refractivity contribution in [3.05, 3.63) is 10.1 Å². The number of methoxy groups -OCH3 is 1. The van der Waals surface area contributed by atoms with Gasteiger partial charge in [-0.25, -0.2) is 0 Å². The number of nitro groups is 1. The summed E-state index contributed by atoms with van der Waals surface area (Å²) in [5.74, 6) is -2.51. The van der Waals surface area contributed by atoms with Crippen LogP contribution < -0.4 is 0 Å². The summed E-state index contributed by atoms with van der Waals surface area (Å²) in [5.41, 5.74) is 0. The molecule has 0 aromatic carbocycles. The summed E-state index contributed by atoms with van der Waals surface area (Å²) in [4.78, 5) is 44.8. The molecule has 0 saturated heterocycles. The lowest BCUT2D eigenvalue weighted by molar-refractivity contribution is -0.530. The first-order valence-corrected chi connectivity index (χ1v) is 7.19. The third-order valence-corrected chi connectivity index (χ3v) is 3.19. The van der Waals surface area contributed by atoms with Crippen molar-refractivity contribution < 1.29 is 28.8 Å². The molecule has 2 unspecified atom stereocenters. The van der Waals surface area contributed by atoms with Gasteiger partial charge in [-0.2, -0.15) is 0 Å². The maximum atomic E-state index is 11.9. The Bertz CT molecular complexity index is 408. The van der Waals surface area contributed by atoms with Crippen LogP contribution in [0.15, 0.2) is 0 Å². The third kappa shape index (κ3) is 7.70. The van der Waals surface area contributed by atoms with Crippen LogP contribution in [-0.4, -0.2) is 42.4 Å². The maximum absolute atomic E-state index is 11.9. The van der Waals surface area contributed by atoms with Crippen LogP contribution in [0.5, 0.6) is 0 Å². The Morgan fingerprint density at radius 2 is 1.86 bits per heavy atom. The number of rotatable bonds is 11. The quantitative estimate of drug-likeness (QED) is 0.246. The molecular formula is C14H23NO7. The van der Waals surface area contributed by atoms with E-state index in [1.807, 2.05) is 0 Å². The minimum Gasteiger partial charge on any atom is -0.469 e. The second kappa shape index (κ2) is 10.7. The predicted octanol–water partition coefficient (Wildman–Crippen LogP) is 1.52. The molecule has 0 N–H and O–H groups in total. The highest BCUT2D eigenvalue weighted by Crippen LogP contribution is 2.20. The van der Waals surface area contributed by atoms with Crippen LogP contribution >= 0.6 is 0 Å². The molecule has 0 rings (SSSR count). The highest BCUT2D eigenvalue weighted by Gasteiger charge is 2.38. The number of esters is 2. The first-order valence-electron chi connectivity index (χ1n) is 7.19. The second-order valence-electron chi connectivity index (χ2n) is 4.94. The summed E-state index contributed by atoms with van der Waals surface area (Å²) in [6.07, 6.45) is 0.848. The molecule has 0 aliphatic rings. The summed E-state index contributed by atoms with van der Waals surface area (Å²) < 4.78 is 9.31. The van der Waals surface area contributed by atoms with E-state index in [-0.39, 0.29) is 37.6 Å². The van der Waals surface area contributed by atoms with Gasteiger partial charge in [0.1, 0.15) is 11.7 Å². The van der Waals surface area contributed by atoms with Crippen LogP contribution in [0.1, 0.15) is 46.0 Å². The average Bonchev–Trinajstić information content (AvgIpc) is 2.44. The van der Waals surface area contributed by atoms with Gasteiger partial charge in [0.2, 0.25) is 6.04 Å². The molecule has 0 radical (unpaired) electrons. The van der Waals surface area contributed by atoms with Gasteiger partial charge >= 0.3 is 11.9 Å². The Labute approximate surface area is 129 Å². The third-order valence-electron chi connectivity index (χ3n) is 3.19. The standard InChI is InChI=1S/C14H23NO7/c1-4-22-14(18)11(9-10(2)16)12(15(19)20)7-5-6-8-13(17)21-3/h11-12H,4-9H2,1-3H3.